The number of hydrogen-bond acceptors (Lipinski definition) is 5. The van der Waals surface area contributed by atoms with Gasteiger partial charge in [0.25, 0.3) is 5.91 Å². The molecule has 0 aliphatic carbocycles. The van der Waals surface area contributed by atoms with Gasteiger partial charge in [-0.05, 0) is 31.0 Å². The Morgan fingerprint density at radius 3 is 2.83 bits per heavy atom. The molecule has 128 valence electrons. The summed E-state index contributed by atoms with van der Waals surface area (Å²) in [6.45, 7) is 1.48. The lowest BCUT2D eigenvalue weighted by Crippen LogP contribution is -2.39. The third kappa shape index (κ3) is 5.21. The van der Waals surface area contributed by atoms with Gasteiger partial charge in [-0.15, -0.1) is 0 Å². The molecule has 0 unspecified atom stereocenters. The van der Waals surface area contributed by atoms with Gasteiger partial charge < -0.3 is 14.4 Å². The van der Waals surface area contributed by atoms with Crippen molar-refractivity contribution in [2.24, 2.45) is 0 Å². The highest BCUT2D eigenvalue weighted by Gasteiger charge is 2.31. The standard InChI is InChI=1S/C16H23NO5S/c1-21-9-10-22-15-7-3-5-13(11-15)16(18)17-8-4-6-14(17)12-23(2,19)20/h3,5,7,11,14H,4,6,8-10,12H2,1-2H3/t14-/m1/s1. The number of amides is 1. The second kappa shape index (κ2) is 7.79. The van der Waals surface area contributed by atoms with Crippen LogP contribution < -0.4 is 4.74 Å². The zero-order chi connectivity index (χ0) is 16.9. The van der Waals surface area contributed by atoms with Crippen LogP contribution in [0.15, 0.2) is 24.3 Å². The SMILES string of the molecule is COCCOc1cccc(C(=O)N2CCC[C@@H]2CS(C)(=O)=O)c1. The van der Waals surface area contributed by atoms with Crippen molar-refractivity contribution in [2.45, 2.75) is 18.9 Å². The normalized spacial score (nSPS) is 18.2. The van der Waals surface area contributed by atoms with E-state index in [2.05, 4.69) is 0 Å². The highest BCUT2D eigenvalue weighted by atomic mass is 32.2. The average Bonchev–Trinajstić information content (AvgIpc) is 2.93. The number of ether oxygens (including phenoxy) is 2. The summed E-state index contributed by atoms with van der Waals surface area (Å²) in [4.78, 5) is 14.3. The van der Waals surface area contributed by atoms with Crippen molar-refractivity contribution >= 4 is 15.7 Å². The molecular weight excluding hydrogens is 318 g/mol. The van der Waals surface area contributed by atoms with Crippen LogP contribution in [0.5, 0.6) is 5.75 Å². The summed E-state index contributed by atoms with van der Waals surface area (Å²) in [6, 6.07) is 6.71. The number of methoxy groups -OCH3 is 1. The van der Waals surface area contributed by atoms with Crippen LogP contribution in [0, 0.1) is 0 Å². The lowest BCUT2D eigenvalue weighted by molar-refractivity contribution is 0.0748. The predicted molar refractivity (Wildman–Crippen MR) is 87.6 cm³/mol. The van der Waals surface area contributed by atoms with Gasteiger partial charge in [0.2, 0.25) is 0 Å². The Hall–Kier alpha value is -1.60. The van der Waals surface area contributed by atoms with Gasteiger partial charge in [-0.2, -0.15) is 0 Å². The molecule has 1 aliphatic heterocycles. The number of hydrogen-bond donors (Lipinski definition) is 0. The Bertz CT molecular complexity index is 644. The van der Waals surface area contributed by atoms with Gasteiger partial charge in [0.15, 0.2) is 0 Å². The Kier molecular flexibility index (Phi) is 6.01. The predicted octanol–water partition coefficient (Wildman–Crippen LogP) is 1.36. The average molecular weight is 341 g/mol. The van der Waals surface area contributed by atoms with Gasteiger partial charge in [-0.25, -0.2) is 8.42 Å². The van der Waals surface area contributed by atoms with Gasteiger partial charge in [0.05, 0.1) is 12.4 Å². The first-order chi connectivity index (χ1) is 10.9. The van der Waals surface area contributed by atoms with E-state index in [1.807, 2.05) is 0 Å². The highest BCUT2D eigenvalue weighted by Crippen LogP contribution is 2.23. The van der Waals surface area contributed by atoms with E-state index >= 15 is 0 Å². The molecule has 1 aliphatic rings. The summed E-state index contributed by atoms with van der Waals surface area (Å²) in [7, 11) is -1.52. The van der Waals surface area contributed by atoms with Crippen LogP contribution in [0.3, 0.4) is 0 Å². The summed E-state index contributed by atoms with van der Waals surface area (Å²) in [5.41, 5.74) is 0.514. The summed E-state index contributed by atoms with van der Waals surface area (Å²) in [5.74, 6) is 0.475. The van der Waals surface area contributed by atoms with E-state index in [1.165, 1.54) is 6.26 Å². The third-order valence-corrected chi connectivity index (χ3v) is 4.76. The Morgan fingerprint density at radius 1 is 1.35 bits per heavy atom. The van der Waals surface area contributed by atoms with E-state index in [0.717, 1.165) is 12.8 Å². The minimum absolute atomic E-state index is 0.0166. The first-order valence-corrected chi connectivity index (χ1v) is 9.67. The molecule has 1 atom stereocenters. The first-order valence-electron chi connectivity index (χ1n) is 7.61. The molecule has 6 nitrogen and oxygen atoms in total. The quantitative estimate of drug-likeness (QED) is 0.700. The fourth-order valence-electron chi connectivity index (χ4n) is 2.75. The van der Waals surface area contributed by atoms with Crippen molar-refractivity contribution < 1.29 is 22.7 Å². The van der Waals surface area contributed by atoms with Crippen molar-refractivity contribution in [3.05, 3.63) is 29.8 Å². The molecule has 23 heavy (non-hydrogen) atoms. The topological polar surface area (TPSA) is 72.9 Å². The zero-order valence-corrected chi connectivity index (χ0v) is 14.3. The Balaban J connectivity index is 2.08. The van der Waals surface area contributed by atoms with Crippen LogP contribution in [-0.2, 0) is 14.6 Å². The second-order valence-corrected chi connectivity index (χ2v) is 7.94. The molecule has 1 saturated heterocycles. The van der Waals surface area contributed by atoms with Crippen molar-refractivity contribution in [1.29, 1.82) is 0 Å². The lowest BCUT2D eigenvalue weighted by atomic mass is 10.1. The van der Waals surface area contributed by atoms with Crippen LogP contribution in [0.2, 0.25) is 0 Å². The monoisotopic (exact) mass is 341 g/mol. The van der Waals surface area contributed by atoms with Crippen molar-refractivity contribution in [2.75, 3.05) is 38.9 Å². The molecule has 0 aromatic heterocycles. The minimum atomic E-state index is -3.11. The van der Waals surface area contributed by atoms with Gasteiger partial charge >= 0.3 is 0 Å². The van der Waals surface area contributed by atoms with Crippen molar-refractivity contribution in [3.63, 3.8) is 0 Å². The molecule has 1 aromatic carbocycles. The second-order valence-electron chi connectivity index (χ2n) is 5.76. The molecule has 0 radical (unpaired) electrons. The number of sulfone groups is 1. The maximum Gasteiger partial charge on any atom is 0.254 e. The van der Waals surface area contributed by atoms with Crippen LogP contribution in [-0.4, -0.2) is 64.1 Å². The van der Waals surface area contributed by atoms with E-state index in [9.17, 15) is 13.2 Å². The number of carbonyl (C=O) groups excluding carboxylic acids is 1. The Labute approximate surface area is 137 Å². The van der Waals surface area contributed by atoms with E-state index in [0.29, 0.717) is 31.1 Å². The van der Waals surface area contributed by atoms with Crippen LogP contribution >= 0.6 is 0 Å². The molecule has 1 heterocycles. The number of benzene rings is 1. The maximum absolute atomic E-state index is 12.7. The minimum Gasteiger partial charge on any atom is -0.491 e. The number of rotatable bonds is 7. The molecule has 2 rings (SSSR count). The van der Waals surface area contributed by atoms with E-state index < -0.39 is 9.84 Å². The van der Waals surface area contributed by atoms with Gasteiger partial charge in [0, 0.05) is 31.5 Å². The summed E-state index contributed by atoms with van der Waals surface area (Å²) in [6.07, 6.45) is 2.76. The summed E-state index contributed by atoms with van der Waals surface area (Å²) in [5, 5.41) is 0. The van der Waals surface area contributed by atoms with E-state index in [4.69, 9.17) is 9.47 Å². The summed E-state index contributed by atoms with van der Waals surface area (Å²) < 4.78 is 33.5. The molecule has 1 amide bonds. The third-order valence-electron chi connectivity index (χ3n) is 3.77. The maximum atomic E-state index is 12.7. The molecule has 0 N–H and O–H groups in total. The zero-order valence-electron chi connectivity index (χ0n) is 13.5. The van der Waals surface area contributed by atoms with Crippen molar-refractivity contribution in [3.8, 4) is 5.75 Å². The lowest BCUT2D eigenvalue weighted by Gasteiger charge is -2.24. The molecule has 0 spiro atoms. The smallest absolute Gasteiger partial charge is 0.254 e. The summed E-state index contributed by atoms with van der Waals surface area (Å²) >= 11 is 0. The van der Waals surface area contributed by atoms with Crippen molar-refractivity contribution in [1.82, 2.24) is 4.90 Å². The molecule has 1 fully saturated rings. The van der Waals surface area contributed by atoms with Gasteiger partial charge in [-0.1, -0.05) is 6.07 Å². The van der Waals surface area contributed by atoms with E-state index in [1.54, 1.807) is 36.3 Å². The highest BCUT2D eigenvalue weighted by molar-refractivity contribution is 7.90. The van der Waals surface area contributed by atoms with Crippen LogP contribution in [0.4, 0.5) is 0 Å². The molecule has 7 heteroatoms. The fourth-order valence-corrected chi connectivity index (χ4v) is 3.80. The Morgan fingerprint density at radius 2 is 2.13 bits per heavy atom. The molecule has 1 aromatic rings. The van der Waals surface area contributed by atoms with Crippen LogP contribution in [0.25, 0.3) is 0 Å². The molecule has 0 saturated carbocycles. The van der Waals surface area contributed by atoms with Crippen LogP contribution in [0.1, 0.15) is 23.2 Å². The number of likely N-dealkylation sites (tertiary alicyclic amines) is 1. The van der Waals surface area contributed by atoms with Gasteiger partial charge in [0.1, 0.15) is 22.2 Å². The fraction of sp³-hybridized carbons (Fsp3) is 0.562. The number of carbonyl (C=O) groups is 1. The molecule has 0 bridgehead atoms. The molecular formula is C16H23NO5S. The first kappa shape index (κ1) is 17.7. The number of nitrogens with zero attached hydrogens (tertiary/aromatic N) is 1. The largest absolute Gasteiger partial charge is 0.491 e. The van der Waals surface area contributed by atoms with Gasteiger partial charge in [-0.3, -0.25) is 4.79 Å². The van der Waals surface area contributed by atoms with E-state index in [-0.39, 0.29) is 17.7 Å².